The van der Waals surface area contributed by atoms with Crippen LogP contribution in [0.5, 0.6) is 11.5 Å². The van der Waals surface area contributed by atoms with Gasteiger partial charge in [0.15, 0.2) is 5.82 Å². The van der Waals surface area contributed by atoms with Crippen molar-refractivity contribution in [3.63, 3.8) is 0 Å². The Kier molecular flexibility index (Phi) is 3.95. The van der Waals surface area contributed by atoms with Crippen molar-refractivity contribution in [1.29, 1.82) is 0 Å². The fourth-order valence-corrected chi connectivity index (χ4v) is 4.00. The molecule has 0 radical (unpaired) electrons. The average molecular weight is 389 g/mol. The lowest BCUT2D eigenvalue weighted by Crippen LogP contribution is -2.24. The van der Waals surface area contributed by atoms with Gasteiger partial charge in [-0.1, -0.05) is 29.5 Å². The molecule has 0 atom stereocenters. The molecule has 6 nitrogen and oxygen atoms in total. The fraction of sp³-hybridized carbons (Fsp3) is 0.0952. The monoisotopic (exact) mass is 389 g/mol. The van der Waals surface area contributed by atoms with Crippen LogP contribution in [0.4, 0.5) is 0 Å². The number of ether oxygens (including phenoxy) is 2. The summed E-state index contributed by atoms with van der Waals surface area (Å²) in [5.74, 6) is 2.14. The Hall–Kier alpha value is -3.45. The molecule has 4 aromatic rings. The zero-order valence-corrected chi connectivity index (χ0v) is 15.8. The second-order valence-electron chi connectivity index (χ2n) is 6.32. The third-order valence-electron chi connectivity index (χ3n) is 4.50. The highest BCUT2D eigenvalue weighted by Crippen LogP contribution is 2.26. The summed E-state index contributed by atoms with van der Waals surface area (Å²) in [6.45, 7) is 0.432. The van der Waals surface area contributed by atoms with Crippen molar-refractivity contribution >= 4 is 28.4 Å². The van der Waals surface area contributed by atoms with Gasteiger partial charge < -0.3 is 9.47 Å². The molecule has 0 saturated carbocycles. The molecule has 0 spiro atoms. The number of rotatable bonds is 3. The maximum atomic E-state index is 12.7. The van der Waals surface area contributed by atoms with Gasteiger partial charge in [-0.05, 0) is 48.1 Å². The smallest absolute Gasteiger partial charge is 0.291 e. The van der Waals surface area contributed by atoms with Crippen LogP contribution in [0.3, 0.4) is 0 Å². The van der Waals surface area contributed by atoms with Crippen molar-refractivity contribution in [3.8, 4) is 22.9 Å². The lowest BCUT2D eigenvalue weighted by Gasteiger charge is -2.15. The first kappa shape index (κ1) is 16.7. The van der Waals surface area contributed by atoms with Gasteiger partial charge in [0, 0.05) is 11.1 Å². The molecular weight excluding hydrogens is 374 g/mol. The third-order valence-corrected chi connectivity index (χ3v) is 5.46. The van der Waals surface area contributed by atoms with Crippen molar-refractivity contribution in [1.82, 2.24) is 14.6 Å². The maximum Gasteiger partial charge on any atom is 0.291 e. The van der Waals surface area contributed by atoms with Gasteiger partial charge in [0.2, 0.25) is 4.96 Å². The highest BCUT2D eigenvalue weighted by atomic mass is 32.1. The van der Waals surface area contributed by atoms with Crippen molar-refractivity contribution in [3.05, 3.63) is 74.6 Å². The highest BCUT2D eigenvalue weighted by Gasteiger charge is 2.14. The molecule has 3 heterocycles. The van der Waals surface area contributed by atoms with E-state index in [1.807, 2.05) is 60.7 Å². The lowest BCUT2D eigenvalue weighted by molar-refractivity contribution is 0.352. The van der Waals surface area contributed by atoms with E-state index in [2.05, 4.69) is 10.1 Å². The zero-order valence-electron chi connectivity index (χ0n) is 15.0. The van der Waals surface area contributed by atoms with Crippen LogP contribution < -0.4 is 19.6 Å². The van der Waals surface area contributed by atoms with Crippen molar-refractivity contribution in [2.24, 2.45) is 0 Å². The lowest BCUT2D eigenvalue weighted by atomic mass is 10.1. The van der Waals surface area contributed by atoms with Gasteiger partial charge in [0.1, 0.15) is 18.1 Å². The van der Waals surface area contributed by atoms with Gasteiger partial charge in [0.25, 0.3) is 5.56 Å². The first-order chi connectivity index (χ1) is 13.7. The first-order valence-electron chi connectivity index (χ1n) is 8.69. The molecule has 1 aliphatic rings. The van der Waals surface area contributed by atoms with E-state index in [0.29, 0.717) is 21.9 Å². The van der Waals surface area contributed by atoms with E-state index in [9.17, 15) is 4.79 Å². The number of aromatic nitrogens is 3. The molecule has 0 unspecified atom stereocenters. The molecule has 0 fully saturated rings. The minimum absolute atomic E-state index is 0.174. The third kappa shape index (κ3) is 2.86. The minimum Gasteiger partial charge on any atom is -0.497 e. The van der Waals surface area contributed by atoms with Gasteiger partial charge in [0.05, 0.1) is 11.6 Å². The number of nitrogens with zero attached hydrogens (tertiary/aromatic N) is 3. The fourth-order valence-electron chi connectivity index (χ4n) is 3.08. The molecule has 0 amide bonds. The number of para-hydroxylation sites is 1. The Morgan fingerprint density at radius 1 is 1.18 bits per heavy atom. The zero-order chi connectivity index (χ0) is 19.1. The molecule has 0 saturated heterocycles. The van der Waals surface area contributed by atoms with Crippen LogP contribution in [0.15, 0.2) is 58.9 Å². The predicted octanol–water partition coefficient (Wildman–Crippen LogP) is 2.80. The normalized spacial score (nSPS) is 13.9. The average Bonchev–Trinajstić information content (AvgIpc) is 3.28. The molecule has 0 aliphatic carbocycles. The second-order valence-corrected chi connectivity index (χ2v) is 7.33. The van der Waals surface area contributed by atoms with E-state index in [1.54, 1.807) is 7.11 Å². The van der Waals surface area contributed by atoms with E-state index in [0.717, 1.165) is 28.2 Å². The molecule has 0 N–H and O–H groups in total. The molecule has 2 aromatic heterocycles. The number of thiazole rings is 1. The van der Waals surface area contributed by atoms with E-state index in [1.165, 1.54) is 15.9 Å². The Labute approximate surface area is 164 Å². The molecule has 2 aromatic carbocycles. The maximum absolute atomic E-state index is 12.7. The summed E-state index contributed by atoms with van der Waals surface area (Å²) in [5, 5.41) is 4.38. The minimum atomic E-state index is -0.174. The van der Waals surface area contributed by atoms with Crippen molar-refractivity contribution in [2.45, 2.75) is 0 Å². The predicted molar refractivity (Wildman–Crippen MR) is 109 cm³/mol. The summed E-state index contributed by atoms with van der Waals surface area (Å²) in [4.78, 5) is 17.8. The van der Waals surface area contributed by atoms with Gasteiger partial charge in [-0.3, -0.25) is 4.79 Å². The molecule has 5 rings (SSSR count). The summed E-state index contributed by atoms with van der Waals surface area (Å²) in [5.41, 5.74) is 2.61. The highest BCUT2D eigenvalue weighted by molar-refractivity contribution is 7.15. The second kappa shape index (κ2) is 6.61. The summed E-state index contributed by atoms with van der Waals surface area (Å²) in [7, 11) is 1.62. The molecule has 138 valence electrons. The van der Waals surface area contributed by atoms with Gasteiger partial charge in [-0.2, -0.15) is 9.50 Å². The number of hydrogen-bond acceptors (Lipinski definition) is 6. The van der Waals surface area contributed by atoms with Crippen LogP contribution in [0.1, 0.15) is 5.56 Å². The van der Waals surface area contributed by atoms with E-state index in [-0.39, 0.29) is 5.56 Å². The Morgan fingerprint density at radius 2 is 2.00 bits per heavy atom. The summed E-state index contributed by atoms with van der Waals surface area (Å²) in [6.07, 6.45) is 3.89. The standard InChI is InChI=1S/C21H15N3O3S/c1-26-16-8-6-14(7-9-16)19-22-21-24(23-19)20(25)18(28-21)11-13-10-15-4-2-3-5-17(15)27-12-13/h2-11H,12H2,1H3/b18-11+. The molecule has 1 aliphatic heterocycles. The molecular formula is C21H15N3O3S. The number of fused-ring (bicyclic) bond motifs is 2. The van der Waals surface area contributed by atoms with Crippen LogP contribution in [0.25, 0.3) is 28.5 Å². The number of benzene rings is 2. The SMILES string of the molecule is COc1ccc(-c2nc3s/c(=C/C4=Cc5ccccc5OC4)c(=O)n3n2)cc1. The number of hydrogen-bond donors (Lipinski definition) is 0. The number of methoxy groups -OCH3 is 1. The van der Waals surface area contributed by atoms with E-state index < -0.39 is 0 Å². The first-order valence-corrected chi connectivity index (χ1v) is 9.51. The Bertz CT molecular complexity index is 1320. The Balaban J connectivity index is 1.53. The molecule has 7 heteroatoms. The van der Waals surface area contributed by atoms with Gasteiger partial charge >= 0.3 is 0 Å². The van der Waals surface area contributed by atoms with Crippen LogP contribution in [-0.2, 0) is 0 Å². The van der Waals surface area contributed by atoms with Crippen LogP contribution >= 0.6 is 11.3 Å². The largest absolute Gasteiger partial charge is 0.497 e. The molecule has 0 bridgehead atoms. The summed E-state index contributed by atoms with van der Waals surface area (Å²) in [6, 6.07) is 15.3. The van der Waals surface area contributed by atoms with Crippen LogP contribution in [-0.4, -0.2) is 28.3 Å². The van der Waals surface area contributed by atoms with E-state index in [4.69, 9.17) is 9.47 Å². The van der Waals surface area contributed by atoms with Gasteiger partial charge in [-0.25, -0.2) is 0 Å². The quantitative estimate of drug-likeness (QED) is 0.539. The van der Waals surface area contributed by atoms with Crippen molar-refractivity contribution < 1.29 is 9.47 Å². The topological polar surface area (TPSA) is 65.7 Å². The summed E-state index contributed by atoms with van der Waals surface area (Å²) >= 11 is 1.32. The van der Waals surface area contributed by atoms with Crippen molar-refractivity contribution in [2.75, 3.05) is 13.7 Å². The van der Waals surface area contributed by atoms with Crippen LogP contribution in [0, 0.1) is 0 Å². The molecule has 28 heavy (non-hydrogen) atoms. The van der Waals surface area contributed by atoms with Gasteiger partial charge in [-0.15, -0.1) is 5.10 Å². The Morgan fingerprint density at radius 3 is 2.79 bits per heavy atom. The van der Waals surface area contributed by atoms with E-state index >= 15 is 0 Å². The van der Waals surface area contributed by atoms with Crippen LogP contribution in [0.2, 0.25) is 0 Å². The summed E-state index contributed by atoms with van der Waals surface area (Å²) < 4.78 is 12.9.